The van der Waals surface area contributed by atoms with Crippen molar-refractivity contribution in [2.24, 2.45) is 0 Å². The van der Waals surface area contributed by atoms with Crippen LogP contribution in [0.2, 0.25) is 0 Å². The van der Waals surface area contributed by atoms with Crippen molar-refractivity contribution in [1.29, 1.82) is 0 Å². The maximum atomic E-state index is 13.4. The smallest absolute Gasteiger partial charge is 0.243 e. The predicted octanol–water partition coefficient (Wildman–Crippen LogP) is 1.42. The molecule has 2 aromatic rings. The summed E-state index contributed by atoms with van der Waals surface area (Å²) in [5, 5.41) is 9.38. The Kier molecular flexibility index (Phi) is 4.56. The van der Waals surface area contributed by atoms with Gasteiger partial charge in [-0.1, -0.05) is 36.4 Å². The van der Waals surface area contributed by atoms with Gasteiger partial charge in [0.15, 0.2) is 0 Å². The fourth-order valence-corrected chi connectivity index (χ4v) is 3.26. The van der Waals surface area contributed by atoms with Gasteiger partial charge in [0.2, 0.25) is 10.0 Å². The lowest BCUT2D eigenvalue weighted by molar-refractivity contribution is 0.259. The average Bonchev–Trinajstić information content (AvgIpc) is 2.48. The number of hydrogen-bond acceptors (Lipinski definition) is 4. The minimum Gasteiger partial charge on any atom is -0.395 e. The molecule has 2 rings (SSSR count). The minimum atomic E-state index is -4.05. The monoisotopic (exact) mass is 310 g/mol. The number of hydrogen-bond donors (Lipinski definition) is 3. The van der Waals surface area contributed by atoms with Crippen LogP contribution < -0.4 is 10.5 Å². The van der Waals surface area contributed by atoms with Crippen LogP contribution in [0.5, 0.6) is 0 Å². The van der Waals surface area contributed by atoms with Gasteiger partial charge in [0, 0.05) is 0 Å². The maximum Gasteiger partial charge on any atom is 0.243 e. The summed E-state index contributed by atoms with van der Waals surface area (Å²) in [5.74, 6) is -0.807. The third-order valence-corrected chi connectivity index (χ3v) is 4.51. The zero-order chi connectivity index (χ0) is 15.5. The van der Waals surface area contributed by atoms with Crippen LogP contribution in [0.3, 0.4) is 0 Å². The zero-order valence-electron chi connectivity index (χ0n) is 11.0. The molecule has 0 unspecified atom stereocenters. The molecule has 0 radical (unpaired) electrons. The van der Waals surface area contributed by atoms with Crippen molar-refractivity contribution in [3.8, 4) is 0 Å². The predicted molar refractivity (Wildman–Crippen MR) is 77.4 cm³/mol. The van der Waals surface area contributed by atoms with Crippen molar-refractivity contribution in [2.75, 3.05) is 12.3 Å². The lowest BCUT2D eigenvalue weighted by Gasteiger charge is -2.17. The van der Waals surface area contributed by atoms with Gasteiger partial charge in [0.05, 0.1) is 18.3 Å². The van der Waals surface area contributed by atoms with Crippen molar-refractivity contribution < 1.29 is 17.9 Å². The number of nitrogens with one attached hydrogen (secondary N) is 1. The maximum absolute atomic E-state index is 13.4. The number of nitrogen functional groups attached to an aromatic ring is 1. The van der Waals surface area contributed by atoms with Gasteiger partial charge < -0.3 is 10.8 Å². The molecule has 1 atom stereocenters. The Morgan fingerprint density at radius 3 is 2.43 bits per heavy atom. The van der Waals surface area contributed by atoms with E-state index in [0.29, 0.717) is 5.56 Å². The molecule has 0 spiro atoms. The lowest BCUT2D eigenvalue weighted by atomic mass is 10.1. The number of aliphatic hydroxyl groups excluding tert-OH is 1. The number of para-hydroxylation sites is 1. The fraction of sp³-hybridized carbons (Fsp3) is 0.143. The molecular weight excluding hydrogens is 295 g/mol. The largest absolute Gasteiger partial charge is 0.395 e. The molecule has 0 aliphatic rings. The van der Waals surface area contributed by atoms with E-state index in [0.717, 1.165) is 6.07 Å². The summed E-state index contributed by atoms with van der Waals surface area (Å²) in [4.78, 5) is -0.350. The Morgan fingerprint density at radius 1 is 1.14 bits per heavy atom. The highest BCUT2D eigenvalue weighted by Crippen LogP contribution is 2.23. The Balaban J connectivity index is 2.34. The fourth-order valence-electron chi connectivity index (χ4n) is 1.90. The molecule has 0 saturated carbocycles. The zero-order valence-corrected chi connectivity index (χ0v) is 11.8. The standard InChI is InChI=1S/C14H15FN2O3S/c15-11-7-4-8-13(14(11)16)21(19,20)17-12(9-18)10-5-2-1-3-6-10/h1-8,12,17-18H,9,16H2/t12-/m1/s1. The van der Waals surface area contributed by atoms with Crippen LogP contribution in [-0.2, 0) is 10.0 Å². The van der Waals surface area contributed by atoms with E-state index in [1.165, 1.54) is 12.1 Å². The van der Waals surface area contributed by atoms with E-state index in [-0.39, 0.29) is 4.90 Å². The topological polar surface area (TPSA) is 92.4 Å². The van der Waals surface area contributed by atoms with E-state index in [9.17, 15) is 17.9 Å². The third kappa shape index (κ3) is 3.38. The van der Waals surface area contributed by atoms with Crippen LogP contribution in [0.1, 0.15) is 11.6 Å². The molecule has 0 saturated heterocycles. The van der Waals surface area contributed by atoms with Gasteiger partial charge in [-0.2, -0.15) is 0 Å². The van der Waals surface area contributed by atoms with E-state index >= 15 is 0 Å². The van der Waals surface area contributed by atoms with Crippen molar-refractivity contribution >= 4 is 15.7 Å². The highest BCUT2D eigenvalue weighted by atomic mass is 32.2. The normalized spacial score (nSPS) is 13.0. The molecule has 21 heavy (non-hydrogen) atoms. The summed E-state index contributed by atoms with van der Waals surface area (Å²) in [6.07, 6.45) is 0. The Bertz CT molecular complexity index is 720. The molecule has 0 aliphatic heterocycles. The van der Waals surface area contributed by atoms with Crippen LogP contribution in [0.25, 0.3) is 0 Å². The Labute approximate surface area is 122 Å². The Hall–Kier alpha value is -1.96. The molecule has 0 aromatic heterocycles. The summed E-state index contributed by atoms with van der Waals surface area (Å²) < 4.78 is 40.3. The summed E-state index contributed by atoms with van der Waals surface area (Å²) in [5.41, 5.74) is 5.61. The van der Waals surface area contributed by atoms with E-state index in [4.69, 9.17) is 5.73 Å². The van der Waals surface area contributed by atoms with Crippen molar-refractivity contribution in [1.82, 2.24) is 4.72 Å². The van der Waals surface area contributed by atoms with E-state index in [1.807, 2.05) is 0 Å². The van der Waals surface area contributed by atoms with Gasteiger partial charge >= 0.3 is 0 Å². The minimum absolute atomic E-state index is 0.350. The van der Waals surface area contributed by atoms with Gasteiger partial charge in [-0.15, -0.1) is 0 Å². The molecule has 0 heterocycles. The highest BCUT2D eigenvalue weighted by Gasteiger charge is 2.24. The number of benzene rings is 2. The average molecular weight is 310 g/mol. The van der Waals surface area contributed by atoms with Crippen molar-refractivity contribution in [3.63, 3.8) is 0 Å². The summed E-state index contributed by atoms with van der Waals surface area (Å²) >= 11 is 0. The number of sulfonamides is 1. The number of anilines is 1. The first-order chi connectivity index (χ1) is 9.95. The van der Waals surface area contributed by atoms with Gasteiger partial charge in [-0.25, -0.2) is 17.5 Å². The SMILES string of the molecule is Nc1c(F)cccc1S(=O)(=O)N[C@H](CO)c1ccccc1. The van der Waals surface area contributed by atoms with Crippen LogP contribution in [0.15, 0.2) is 53.4 Å². The molecule has 4 N–H and O–H groups in total. The molecule has 7 heteroatoms. The molecule has 5 nitrogen and oxygen atoms in total. The highest BCUT2D eigenvalue weighted by molar-refractivity contribution is 7.89. The molecule has 0 aliphatic carbocycles. The summed E-state index contributed by atoms with van der Waals surface area (Å²) in [6.45, 7) is -0.432. The van der Waals surface area contributed by atoms with Gasteiger partial charge in [0.1, 0.15) is 10.7 Å². The first-order valence-electron chi connectivity index (χ1n) is 6.18. The van der Waals surface area contributed by atoms with E-state index < -0.39 is 34.2 Å². The quantitative estimate of drug-likeness (QED) is 0.728. The molecular formula is C14H15FN2O3S. The van der Waals surface area contributed by atoms with Gasteiger partial charge in [-0.3, -0.25) is 0 Å². The summed E-state index contributed by atoms with van der Waals surface area (Å²) in [6, 6.07) is 11.3. The lowest BCUT2D eigenvalue weighted by Crippen LogP contribution is -2.31. The first-order valence-corrected chi connectivity index (χ1v) is 7.66. The second-order valence-electron chi connectivity index (χ2n) is 4.42. The number of nitrogens with two attached hydrogens (primary N) is 1. The number of aliphatic hydroxyl groups is 1. The number of halogens is 1. The van der Waals surface area contributed by atoms with E-state index in [1.54, 1.807) is 30.3 Å². The molecule has 0 amide bonds. The van der Waals surface area contributed by atoms with Gasteiger partial charge in [-0.05, 0) is 17.7 Å². The number of rotatable bonds is 5. The van der Waals surface area contributed by atoms with E-state index in [2.05, 4.69) is 4.72 Å². The van der Waals surface area contributed by atoms with Crippen LogP contribution >= 0.6 is 0 Å². The van der Waals surface area contributed by atoms with Gasteiger partial charge in [0.25, 0.3) is 0 Å². The second kappa shape index (κ2) is 6.21. The molecule has 112 valence electrons. The molecule has 0 bridgehead atoms. The van der Waals surface area contributed by atoms with Crippen LogP contribution in [0, 0.1) is 5.82 Å². The van der Waals surface area contributed by atoms with Crippen molar-refractivity contribution in [3.05, 3.63) is 59.9 Å². The molecule has 0 fully saturated rings. The second-order valence-corrected chi connectivity index (χ2v) is 6.10. The first kappa shape index (κ1) is 15.4. The summed E-state index contributed by atoms with van der Waals surface area (Å²) in [7, 11) is -4.05. The van der Waals surface area contributed by atoms with Crippen molar-refractivity contribution in [2.45, 2.75) is 10.9 Å². The van der Waals surface area contributed by atoms with Crippen LogP contribution in [-0.4, -0.2) is 20.1 Å². The van der Waals surface area contributed by atoms with Crippen LogP contribution in [0.4, 0.5) is 10.1 Å². The Morgan fingerprint density at radius 2 is 1.81 bits per heavy atom. The third-order valence-electron chi connectivity index (χ3n) is 2.98. The molecule has 2 aromatic carbocycles.